The molecular weight excluding hydrogens is 335 g/mol. The van der Waals surface area contributed by atoms with Crippen LogP contribution < -0.4 is 0 Å². The Hall–Kier alpha value is -0.720. The minimum atomic E-state index is -3.99. The summed E-state index contributed by atoms with van der Waals surface area (Å²) in [6.07, 6.45) is 8.10. The fraction of sp³-hybridized carbons (Fsp3) is 0.812. The second-order valence-corrected chi connectivity index (χ2v) is 7.55. The molecule has 0 bridgehead atoms. The van der Waals surface area contributed by atoms with Gasteiger partial charge in [-0.25, -0.2) is 14.6 Å². The first-order valence-corrected chi connectivity index (χ1v) is 10.2. The lowest BCUT2D eigenvalue weighted by atomic mass is 10.1. The highest BCUT2D eigenvalue weighted by Crippen LogP contribution is 2.33. The molecule has 142 valence electrons. The smallest absolute Gasteiger partial charge is 0.333 e. The molecule has 0 rings (SSSR count). The molecule has 0 aliphatic heterocycles. The molecule has 0 atom stereocenters. The van der Waals surface area contributed by atoms with E-state index in [4.69, 9.17) is 24.3 Å². The molecule has 0 aromatic rings. The summed E-state index contributed by atoms with van der Waals surface area (Å²) in [6.45, 7) is 5.98. The molecule has 0 fully saturated rings. The minimum absolute atomic E-state index is 0.0913. The first-order valence-electron chi connectivity index (χ1n) is 8.44. The standard InChI is InChI=1S/C16H31O7P/c1-15(2)16(17)21-11-9-7-5-3-4-6-8-10-12-22-23-13-14-24(18,19)20/h1,3-14H2,2H3,(H2,18,19,20). The molecule has 0 amide bonds. The molecule has 8 heteroatoms. The van der Waals surface area contributed by atoms with Gasteiger partial charge in [0.15, 0.2) is 0 Å². The summed E-state index contributed by atoms with van der Waals surface area (Å²) in [7, 11) is -3.99. The van der Waals surface area contributed by atoms with Gasteiger partial charge in [0.1, 0.15) is 0 Å². The average Bonchev–Trinajstić information content (AvgIpc) is 2.49. The van der Waals surface area contributed by atoms with Crippen LogP contribution in [0, 0.1) is 0 Å². The second kappa shape index (κ2) is 14.6. The van der Waals surface area contributed by atoms with Crippen LogP contribution in [0.25, 0.3) is 0 Å². The second-order valence-electron chi connectivity index (χ2n) is 5.78. The van der Waals surface area contributed by atoms with Gasteiger partial charge < -0.3 is 14.5 Å². The van der Waals surface area contributed by atoms with Crippen LogP contribution in [0.1, 0.15) is 58.3 Å². The lowest BCUT2D eigenvalue weighted by Gasteiger charge is -2.06. The van der Waals surface area contributed by atoms with E-state index in [9.17, 15) is 9.36 Å². The molecule has 0 aliphatic carbocycles. The molecule has 7 nitrogen and oxygen atoms in total. The van der Waals surface area contributed by atoms with Crippen molar-refractivity contribution in [3.8, 4) is 0 Å². The summed E-state index contributed by atoms with van der Waals surface area (Å²) in [5.74, 6) is -0.317. The summed E-state index contributed by atoms with van der Waals surface area (Å²) in [5, 5.41) is 0. The van der Waals surface area contributed by atoms with Crippen LogP contribution in [0.5, 0.6) is 0 Å². The summed E-state index contributed by atoms with van der Waals surface area (Å²) < 4.78 is 15.6. The first-order chi connectivity index (χ1) is 11.3. The predicted molar refractivity (Wildman–Crippen MR) is 91.5 cm³/mol. The Kier molecular flexibility index (Phi) is 14.2. The highest BCUT2D eigenvalue weighted by Gasteiger charge is 2.11. The van der Waals surface area contributed by atoms with Gasteiger partial charge in [-0.15, -0.1) is 0 Å². The maximum atomic E-state index is 11.1. The van der Waals surface area contributed by atoms with E-state index >= 15 is 0 Å². The SMILES string of the molecule is C=C(C)C(=O)OCCCCCCCCCCOOCCP(=O)(O)O. The number of carbonyl (C=O) groups excluding carboxylic acids is 1. The molecule has 2 N–H and O–H groups in total. The molecule has 0 unspecified atom stereocenters. The minimum Gasteiger partial charge on any atom is -0.462 e. The number of esters is 1. The van der Waals surface area contributed by atoms with Gasteiger partial charge in [-0.3, -0.25) is 4.57 Å². The third-order valence-electron chi connectivity index (χ3n) is 3.25. The zero-order valence-electron chi connectivity index (χ0n) is 14.6. The van der Waals surface area contributed by atoms with Crippen molar-refractivity contribution < 1.29 is 33.7 Å². The number of carbonyl (C=O) groups is 1. The van der Waals surface area contributed by atoms with E-state index in [-0.39, 0.29) is 18.7 Å². The van der Waals surface area contributed by atoms with Gasteiger partial charge in [0.2, 0.25) is 0 Å². The van der Waals surface area contributed by atoms with Crippen molar-refractivity contribution in [2.45, 2.75) is 58.3 Å². The fourth-order valence-corrected chi connectivity index (χ4v) is 2.20. The van der Waals surface area contributed by atoms with E-state index in [1.165, 1.54) is 0 Å². The summed E-state index contributed by atoms with van der Waals surface area (Å²) in [6, 6.07) is 0. The molecular formula is C16H31O7P. The third-order valence-corrected chi connectivity index (χ3v) is 4.02. The molecule has 0 saturated heterocycles. The molecule has 24 heavy (non-hydrogen) atoms. The first kappa shape index (κ1) is 23.3. The molecule has 0 heterocycles. The van der Waals surface area contributed by atoms with Crippen LogP contribution in [-0.2, 0) is 23.9 Å². The predicted octanol–water partition coefficient (Wildman–Crippen LogP) is 3.35. The van der Waals surface area contributed by atoms with Crippen LogP contribution in [0.4, 0.5) is 0 Å². The van der Waals surface area contributed by atoms with Crippen molar-refractivity contribution in [1.29, 1.82) is 0 Å². The van der Waals surface area contributed by atoms with Gasteiger partial charge in [0.25, 0.3) is 0 Å². The lowest BCUT2D eigenvalue weighted by molar-refractivity contribution is -0.291. The molecule has 0 aromatic heterocycles. The lowest BCUT2D eigenvalue weighted by Crippen LogP contribution is -2.05. The summed E-state index contributed by atoms with van der Waals surface area (Å²) >= 11 is 0. The van der Waals surface area contributed by atoms with Crippen molar-refractivity contribution in [2.75, 3.05) is 26.0 Å². The van der Waals surface area contributed by atoms with Crippen molar-refractivity contribution in [3.63, 3.8) is 0 Å². The van der Waals surface area contributed by atoms with Crippen LogP contribution >= 0.6 is 7.60 Å². The maximum Gasteiger partial charge on any atom is 0.333 e. The van der Waals surface area contributed by atoms with Crippen molar-refractivity contribution in [1.82, 2.24) is 0 Å². The zero-order chi connectivity index (χ0) is 18.3. The maximum absolute atomic E-state index is 11.1. The van der Waals surface area contributed by atoms with E-state index in [2.05, 4.69) is 6.58 Å². The van der Waals surface area contributed by atoms with Crippen LogP contribution in [0.3, 0.4) is 0 Å². The Labute approximate surface area is 144 Å². The number of unbranched alkanes of at least 4 members (excludes halogenated alkanes) is 7. The van der Waals surface area contributed by atoms with Crippen LogP contribution in [-0.4, -0.2) is 41.7 Å². The fourth-order valence-electron chi connectivity index (χ4n) is 1.89. The van der Waals surface area contributed by atoms with E-state index in [0.29, 0.717) is 18.8 Å². The Bertz CT molecular complexity index is 392. The summed E-state index contributed by atoms with van der Waals surface area (Å²) in [4.78, 5) is 37.9. The topological polar surface area (TPSA) is 102 Å². The molecule has 0 saturated carbocycles. The normalized spacial score (nSPS) is 11.5. The summed E-state index contributed by atoms with van der Waals surface area (Å²) in [5.41, 5.74) is 0.436. The Morgan fingerprint density at radius 2 is 1.33 bits per heavy atom. The molecule has 0 aromatic carbocycles. The Morgan fingerprint density at radius 3 is 1.83 bits per heavy atom. The van der Waals surface area contributed by atoms with Gasteiger partial charge in [-0.05, 0) is 19.8 Å². The van der Waals surface area contributed by atoms with E-state index in [0.717, 1.165) is 51.4 Å². The van der Waals surface area contributed by atoms with Crippen molar-refractivity contribution >= 4 is 13.6 Å². The van der Waals surface area contributed by atoms with Gasteiger partial charge in [0.05, 0.1) is 26.0 Å². The number of ether oxygens (including phenoxy) is 1. The third kappa shape index (κ3) is 17.6. The van der Waals surface area contributed by atoms with E-state index in [1.54, 1.807) is 6.92 Å². The van der Waals surface area contributed by atoms with Gasteiger partial charge >= 0.3 is 13.6 Å². The zero-order valence-corrected chi connectivity index (χ0v) is 15.5. The Morgan fingerprint density at radius 1 is 0.875 bits per heavy atom. The van der Waals surface area contributed by atoms with Crippen LogP contribution in [0.15, 0.2) is 12.2 Å². The van der Waals surface area contributed by atoms with Crippen molar-refractivity contribution in [3.05, 3.63) is 12.2 Å². The van der Waals surface area contributed by atoms with E-state index in [1.807, 2.05) is 0 Å². The molecule has 0 spiro atoms. The highest BCUT2D eigenvalue weighted by molar-refractivity contribution is 7.51. The van der Waals surface area contributed by atoms with E-state index < -0.39 is 7.60 Å². The average molecular weight is 366 g/mol. The molecule has 0 aliphatic rings. The quantitative estimate of drug-likeness (QED) is 0.108. The van der Waals surface area contributed by atoms with Gasteiger partial charge in [-0.2, -0.15) is 0 Å². The largest absolute Gasteiger partial charge is 0.462 e. The van der Waals surface area contributed by atoms with Gasteiger partial charge in [-0.1, -0.05) is 45.1 Å². The Balaban J connectivity index is 3.14. The highest BCUT2D eigenvalue weighted by atomic mass is 31.2. The van der Waals surface area contributed by atoms with Crippen molar-refractivity contribution in [2.24, 2.45) is 0 Å². The monoisotopic (exact) mass is 366 g/mol. The van der Waals surface area contributed by atoms with Gasteiger partial charge in [0, 0.05) is 5.57 Å². The number of hydrogen-bond acceptors (Lipinski definition) is 5. The molecule has 0 radical (unpaired) electrons. The van der Waals surface area contributed by atoms with Crippen LogP contribution in [0.2, 0.25) is 0 Å². The number of hydrogen-bond donors (Lipinski definition) is 2. The number of rotatable bonds is 16.